The number of epoxide rings is 1. The monoisotopic (exact) mass is 426 g/mol. The molecular weight excluding hydrogens is 400 g/mol. The molecule has 1 fully saturated rings. The maximum atomic E-state index is 7.12. The van der Waals surface area contributed by atoms with Crippen LogP contribution in [0.5, 0.6) is 17.2 Å². The van der Waals surface area contributed by atoms with Crippen molar-refractivity contribution in [2.75, 3.05) is 14.2 Å². The maximum Gasteiger partial charge on any atom is 0.185 e. The minimum Gasteiger partial charge on any atom is -0.496 e. The van der Waals surface area contributed by atoms with Crippen LogP contribution in [0.4, 0.5) is 0 Å². The zero-order valence-electron chi connectivity index (χ0n) is 18.6. The maximum absolute atomic E-state index is 7.12. The van der Waals surface area contributed by atoms with Crippen LogP contribution in [0.3, 0.4) is 0 Å². The van der Waals surface area contributed by atoms with E-state index in [4.69, 9.17) is 18.9 Å². The number of allylic oxidation sites excluding steroid dienone is 1. The Morgan fingerprint density at radius 2 is 1.44 bits per heavy atom. The van der Waals surface area contributed by atoms with Gasteiger partial charge in [0.25, 0.3) is 0 Å². The van der Waals surface area contributed by atoms with Crippen LogP contribution >= 0.6 is 0 Å². The van der Waals surface area contributed by atoms with Crippen LogP contribution in [0.15, 0.2) is 66.7 Å². The van der Waals surface area contributed by atoms with Gasteiger partial charge in [-0.2, -0.15) is 0 Å². The molecule has 2 atom stereocenters. The van der Waals surface area contributed by atoms with Crippen molar-refractivity contribution in [2.24, 2.45) is 0 Å². The molecule has 32 heavy (non-hydrogen) atoms. The molecule has 3 aromatic carbocycles. The molecule has 0 unspecified atom stereocenters. The summed E-state index contributed by atoms with van der Waals surface area (Å²) in [4.78, 5) is 0. The summed E-state index contributed by atoms with van der Waals surface area (Å²) in [6.07, 6.45) is 4.74. The number of methoxy groups -OCH3 is 2. The predicted octanol–water partition coefficient (Wildman–Crippen LogP) is 5.31. The Bertz CT molecular complexity index is 1190. The summed E-state index contributed by atoms with van der Waals surface area (Å²) in [6, 6.07) is 20.6. The first-order chi connectivity index (χ1) is 15.6. The van der Waals surface area contributed by atoms with Crippen LogP contribution in [0.2, 0.25) is 0 Å². The summed E-state index contributed by atoms with van der Waals surface area (Å²) in [5, 5.41) is 0. The molecule has 162 valence electrons. The lowest BCUT2D eigenvalue weighted by Gasteiger charge is -2.40. The summed E-state index contributed by atoms with van der Waals surface area (Å²) in [6.45, 7) is 2.16. The Hall–Kier alpha value is -3.24. The van der Waals surface area contributed by atoms with Crippen molar-refractivity contribution in [3.8, 4) is 17.2 Å². The van der Waals surface area contributed by atoms with Gasteiger partial charge < -0.3 is 18.9 Å². The predicted molar refractivity (Wildman–Crippen MR) is 124 cm³/mol. The van der Waals surface area contributed by atoms with E-state index in [1.54, 1.807) is 14.2 Å². The van der Waals surface area contributed by atoms with Crippen LogP contribution in [0.1, 0.15) is 34.7 Å². The molecule has 0 N–H and O–H groups in total. The molecule has 6 rings (SSSR count). The highest BCUT2D eigenvalue weighted by Crippen LogP contribution is 2.52. The molecule has 0 radical (unpaired) electrons. The second-order valence-corrected chi connectivity index (χ2v) is 8.77. The summed E-state index contributed by atoms with van der Waals surface area (Å²) in [7, 11) is 3.41. The summed E-state index contributed by atoms with van der Waals surface area (Å²) in [5.41, 5.74) is 5.92. The van der Waals surface area contributed by atoms with Gasteiger partial charge in [-0.25, -0.2) is 0 Å². The van der Waals surface area contributed by atoms with Crippen molar-refractivity contribution < 1.29 is 18.9 Å². The Kier molecular flexibility index (Phi) is 4.34. The third-order valence-corrected chi connectivity index (χ3v) is 6.99. The SMILES string of the molecule is COc1ccccc1C1(c2ccccc2OC)C=C(C)c2ccc3c(c2O1)C[C@H]1O[C@H]1C3. The number of para-hydroxylation sites is 2. The summed E-state index contributed by atoms with van der Waals surface area (Å²) in [5.74, 6) is 2.51. The van der Waals surface area contributed by atoms with Crippen molar-refractivity contribution in [2.45, 2.75) is 37.6 Å². The van der Waals surface area contributed by atoms with E-state index in [0.717, 1.165) is 46.8 Å². The topological polar surface area (TPSA) is 40.2 Å². The van der Waals surface area contributed by atoms with Crippen molar-refractivity contribution in [1.82, 2.24) is 0 Å². The van der Waals surface area contributed by atoms with Crippen molar-refractivity contribution in [3.63, 3.8) is 0 Å². The van der Waals surface area contributed by atoms with Gasteiger partial charge >= 0.3 is 0 Å². The van der Waals surface area contributed by atoms with Crippen LogP contribution < -0.4 is 14.2 Å². The molecule has 4 nitrogen and oxygen atoms in total. The zero-order chi connectivity index (χ0) is 21.9. The average molecular weight is 427 g/mol. The number of benzene rings is 3. The van der Waals surface area contributed by atoms with Gasteiger partial charge in [0.15, 0.2) is 5.60 Å². The molecule has 0 saturated carbocycles. The second-order valence-electron chi connectivity index (χ2n) is 8.77. The summed E-state index contributed by atoms with van der Waals surface area (Å²) >= 11 is 0. The molecule has 4 heteroatoms. The van der Waals surface area contributed by atoms with E-state index in [1.165, 1.54) is 16.7 Å². The Balaban J connectivity index is 1.63. The first kappa shape index (κ1) is 19.4. The third-order valence-electron chi connectivity index (χ3n) is 6.99. The molecule has 0 aromatic heterocycles. The minimum absolute atomic E-state index is 0.315. The third kappa shape index (κ3) is 2.79. The van der Waals surface area contributed by atoms with Gasteiger partial charge in [0.05, 0.1) is 26.4 Å². The molecule has 2 heterocycles. The highest BCUT2D eigenvalue weighted by Gasteiger charge is 2.47. The average Bonchev–Trinajstić information content (AvgIpc) is 3.60. The number of hydrogen-bond acceptors (Lipinski definition) is 4. The second kappa shape index (κ2) is 7.14. The van der Waals surface area contributed by atoms with Gasteiger partial charge in [-0.15, -0.1) is 0 Å². The fourth-order valence-corrected chi connectivity index (χ4v) is 5.35. The number of rotatable bonds is 4. The van der Waals surface area contributed by atoms with E-state index in [9.17, 15) is 0 Å². The fourth-order valence-electron chi connectivity index (χ4n) is 5.35. The lowest BCUT2D eigenvalue weighted by molar-refractivity contribution is 0.149. The quantitative estimate of drug-likeness (QED) is 0.530. The highest BCUT2D eigenvalue weighted by molar-refractivity contribution is 5.77. The van der Waals surface area contributed by atoms with Gasteiger partial charge in [0, 0.05) is 35.1 Å². The van der Waals surface area contributed by atoms with Crippen molar-refractivity contribution in [3.05, 3.63) is 94.6 Å². The van der Waals surface area contributed by atoms with Crippen LogP contribution in [-0.2, 0) is 23.2 Å². The number of hydrogen-bond donors (Lipinski definition) is 0. The Morgan fingerprint density at radius 3 is 2.09 bits per heavy atom. The highest BCUT2D eigenvalue weighted by atomic mass is 16.6. The van der Waals surface area contributed by atoms with Gasteiger partial charge in [-0.3, -0.25) is 0 Å². The lowest BCUT2D eigenvalue weighted by Crippen LogP contribution is -2.36. The van der Waals surface area contributed by atoms with E-state index in [0.29, 0.717) is 12.2 Å². The molecule has 0 spiro atoms. The minimum atomic E-state index is -0.882. The standard InChI is InChI=1S/C28H26O4/c1-17-16-28(21-8-4-6-10-23(21)29-2,22-9-5-7-11-24(22)30-3)32-27-19(17)13-12-18-14-25-26(31-25)15-20(18)27/h4-13,16,25-26H,14-15H2,1-3H3/t25-,26+/m0/s1. The van der Waals surface area contributed by atoms with Crippen molar-refractivity contribution in [1.29, 1.82) is 0 Å². The van der Waals surface area contributed by atoms with E-state index >= 15 is 0 Å². The first-order valence-corrected chi connectivity index (χ1v) is 11.1. The molecule has 2 aliphatic heterocycles. The van der Waals surface area contributed by atoms with Gasteiger partial charge in [-0.05, 0) is 36.3 Å². The van der Waals surface area contributed by atoms with E-state index in [2.05, 4.69) is 37.3 Å². The molecule has 3 aromatic rings. The normalized spacial score (nSPS) is 21.9. The summed E-state index contributed by atoms with van der Waals surface area (Å²) < 4.78 is 24.6. The molecule has 0 bridgehead atoms. The van der Waals surface area contributed by atoms with Crippen LogP contribution in [-0.4, -0.2) is 26.4 Å². The van der Waals surface area contributed by atoms with Crippen molar-refractivity contribution >= 4 is 5.57 Å². The fraction of sp³-hybridized carbons (Fsp3) is 0.286. The Labute approximate surface area is 188 Å². The number of ether oxygens (including phenoxy) is 4. The first-order valence-electron chi connectivity index (χ1n) is 11.1. The number of fused-ring (bicyclic) bond motifs is 4. The van der Waals surface area contributed by atoms with Crippen LogP contribution in [0, 0.1) is 0 Å². The van der Waals surface area contributed by atoms with Gasteiger partial charge in [0.2, 0.25) is 0 Å². The largest absolute Gasteiger partial charge is 0.496 e. The lowest BCUT2D eigenvalue weighted by atomic mass is 9.79. The smallest absolute Gasteiger partial charge is 0.185 e. The molecule has 1 saturated heterocycles. The van der Waals surface area contributed by atoms with E-state index in [1.807, 2.05) is 36.4 Å². The molecule has 1 aliphatic carbocycles. The molecular formula is C28H26O4. The Morgan fingerprint density at radius 1 is 0.812 bits per heavy atom. The van der Waals surface area contributed by atoms with E-state index in [-0.39, 0.29) is 0 Å². The van der Waals surface area contributed by atoms with Gasteiger partial charge in [-0.1, -0.05) is 48.5 Å². The van der Waals surface area contributed by atoms with E-state index < -0.39 is 5.60 Å². The zero-order valence-corrected chi connectivity index (χ0v) is 18.6. The van der Waals surface area contributed by atoms with Crippen LogP contribution in [0.25, 0.3) is 5.57 Å². The molecule has 3 aliphatic rings. The molecule has 0 amide bonds. The van der Waals surface area contributed by atoms with Gasteiger partial charge in [0.1, 0.15) is 17.2 Å².